The van der Waals surface area contributed by atoms with Crippen molar-refractivity contribution >= 4 is 16.9 Å². The van der Waals surface area contributed by atoms with E-state index >= 15 is 0 Å². The highest BCUT2D eigenvalue weighted by molar-refractivity contribution is 7.97. The van der Waals surface area contributed by atoms with E-state index in [-0.39, 0.29) is 5.97 Å². The molecule has 3 heteroatoms. The van der Waals surface area contributed by atoms with Crippen LogP contribution in [0.15, 0.2) is 12.2 Å². The summed E-state index contributed by atoms with van der Waals surface area (Å²) in [6.45, 7) is 8.35. The molecule has 0 aromatic rings. The van der Waals surface area contributed by atoms with Crippen molar-refractivity contribution in [2.24, 2.45) is 0 Å². The first kappa shape index (κ1) is 11.6. The minimum absolute atomic E-state index is 0.209. The monoisotopic (exact) mass is 215 g/mol. The van der Waals surface area contributed by atoms with Crippen molar-refractivity contribution in [1.29, 1.82) is 0 Å². The van der Waals surface area contributed by atoms with Gasteiger partial charge in [0.1, 0.15) is 16.8 Å². The van der Waals surface area contributed by atoms with Gasteiger partial charge < -0.3 is 4.74 Å². The summed E-state index contributed by atoms with van der Waals surface area (Å²) in [6.07, 6.45) is 2.61. The zero-order valence-electron chi connectivity index (χ0n) is 9.04. The molecular formula is C11H19O2S+. The van der Waals surface area contributed by atoms with Crippen LogP contribution in [-0.4, -0.2) is 29.3 Å². The molecule has 0 N–H and O–H groups in total. The second kappa shape index (κ2) is 5.44. The molecule has 2 atom stereocenters. The van der Waals surface area contributed by atoms with Crippen molar-refractivity contribution < 1.29 is 9.53 Å². The minimum atomic E-state index is -0.209. The Hall–Kier alpha value is -0.440. The summed E-state index contributed by atoms with van der Waals surface area (Å²) < 4.78 is 4.92. The molecule has 1 rings (SSSR count). The summed E-state index contributed by atoms with van der Waals surface area (Å²) in [5.41, 5.74) is 0.656. The number of esters is 1. The van der Waals surface area contributed by atoms with Crippen LogP contribution in [-0.2, 0) is 20.4 Å². The second-order valence-electron chi connectivity index (χ2n) is 3.66. The van der Waals surface area contributed by atoms with Crippen molar-refractivity contribution in [2.45, 2.75) is 31.9 Å². The largest absolute Gasteiger partial charge is 0.463 e. The molecule has 1 aliphatic heterocycles. The predicted octanol–water partition coefficient (Wildman–Crippen LogP) is 1.91. The molecule has 0 saturated carbocycles. The highest BCUT2D eigenvalue weighted by Gasteiger charge is 2.34. The molecular weight excluding hydrogens is 196 g/mol. The van der Waals surface area contributed by atoms with Crippen LogP contribution in [0.1, 0.15) is 26.7 Å². The number of hydrogen-bond acceptors (Lipinski definition) is 2. The van der Waals surface area contributed by atoms with Crippen LogP contribution in [0.2, 0.25) is 0 Å². The topological polar surface area (TPSA) is 26.3 Å². The van der Waals surface area contributed by atoms with Gasteiger partial charge in [0.25, 0.3) is 0 Å². The maximum Gasteiger partial charge on any atom is 0.338 e. The summed E-state index contributed by atoms with van der Waals surface area (Å²) >= 11 is 0. The molecule has 1 fully saturated rings. The van der Waals surface area contributed by atoms with E-state index in [0.29, 0.717) is 23.1 Å². The zero-order chi connectivity index (χ0) is 10.6. The first-order valence-electron chi connectivity index (χ1n) is 5.16. The van der Waals surface area contributed by atoms with E-state index in [9.17, 15) is 4.79 Å². The Kier molecular flexibility index (Phi) is 4.52. The number of carbonyl (C=O) groups is 1. The van der Waals surface area contributed by atoms with Gasteiger partial charge in [0.2, 0.25) is 0 Å². The van der Waals surface area contributed by atoms with E-state index in [2.05, 4.69) is 13.5 Å². The van der Waals surface area contributed by atoms with Crippen LogP contribution in [0.3, 0.4) is 0 Å². The third-order valence-electron chi connectivity index (χ3n) is 2.51. The van der Waals surface area contributed by atoms with Gasteiger partial charge in [-0.25, -0.2) is 4.79 Å². The van der Waals surface area contributed by atoms with Gasteiger partial charge >= 0.3 is 5.97 Å². The lowest BCUT2D eigenvalue weighted by Crippen LogP contribution is -2.22. The molecule has 2 unspecified atom stereocenters. The van der Waals surface area contributed by atoms with Crippen molar-refractivity contribution in [3.05, 3.63) is 12.2 Å². The summed E-state index contributed by atoms with van der Waals surface area (Å²) in [6, 6.07) is 0. The van der Waals surface area contributed by atoms with Gasteiger partial charge in [0.05, 0.1) is 12.2 Å². The Morgan fingerprint density at radius 3 is 2.86 bits per heavy atom. The SMILES string of the molecule is C=C(C[S+]1CCCC1C)C(=O)OCC. The molecule has 0 aromatic carbocycles. The van der Waals surface area contributed by atoms with E-state index in [1.807, 2.05) is 6.92 Å². The van der Waals surface area contributed by atoms with Crippen LogP contribution < -0.4 is 0 Å². The average molecular weight is 215 g/mol. The Bertz CT molecular complexity index is 225. The Morgan fingerprint density at radius 2 is 2.36 bits per heavy atom. The van der Waals surface area contributed by atoms with E-state index < -0.39 is 0 Å². The minimum Gasteiger partial charge on any atom is -0.463 e. The highest BCUT2D eigenvalue weighted by Crippen LogP contribution is 2.23. The maximum atomic E-state index is 11.3. The number of ether oxygens (including phenoxy) is 1. The normalized spacial score (nSPS) is 26.1. The summed E-state index contributed by atoms with van der Waals surface area (Å²) in [5, 5.41) is 0.765. The fourth-order valence-corrected chi connectivity index (χ4v) is 4.09. The van der Waals surface area contributed by atoms with Gasteiger partial charge in [-0.2, -0.15) is 0 Å². The molecule has 2 nitrogen and oxygen atoms in total. The van der Waals surface area contributed by atoms with Crippen LogP contribution >= 0.6 is 0 Å². The van der Waals surface area contributed by atoms with Gasteiger partial charge in [0, 0.05) is 0 Å². The van der Waals surface area contributed by atoms with Gasteiger partial charge in [-0.1, -0.05) is 6.58 Å². The average Bonchev–Trinajstić information content (AvgIpc) is 2.52. The van der Waals surface area contributed by atoms with E-state index in [1.165, 1.54) is 18.6 Å². The Balaban J connectivity index is 2.36. The predicted molar refractivity (Wildman–Crippen MR) is 61.6 cm³/mol. The fraction of sp³-hybridized carbons (Fsp3) is 0.727. The summed E-state index contributed by atoms with van der Waals surface area (Å²) in [4.78, 5) is 11.3. The smallest absolute Gasteiger partial charge is 0.338 e. The lowest BCUT2D eigenvalue weighted by Gasteiger charge is -2.08. The van der Waals surface area contributed by atoms with E-state index in [1.54, 1.807) is 0 Å². The molecule has 0 aromatic heterocycles. The van der Waals surface area contributed by atoms with E-state index in [4.69, 9.17) is 4.74 Å². The first-order chi connectivity index (χ1) is 6.65. The van der Waals surface area contributed by atoms with Gasteiger partial charge in [-0.15, -0.1) is 0 Å². The summed E-state index contributed by atoms with van der Waals surface area (Å²) in [7, 11) is 0.373. The van der Waals surface area contributed by atoms with Crippen molar-refractivity contribution in [1.82, 2.24) is 0 Å². The second-order valence-corrected chi connectivity index (χ2v) is 6.24. The van der Waals surface area contributed by atoms with Crippen molar-refractivity contribution in [3.63, 3.8) is 0 Å². The Labute approximate surface area is 89.1 Å². The molecule has 0 spiro atoms. The number of rotatable bonds is 4. The van der Waals surface area contributed by atoms with Crippen LogP contribution in [0, 0.1) is 0 Å². The molecule has 0 radical (unpaired) electrons. The standard InChI is InChI=1S/C11H19O2S/c1-4-13-11(12)9(2)8-14-7-5-6-10(14)3/h10H,2,4-8H2,1,3H3/q+1. The lowest BCUT2D eigenvalue weighted by molar-refractivity contribution is -0.138. The molecule has 1 aliphatic rings. The summed E-state index contributed by atoms with van der Waals surface area (Å²) in [5.74, 6) is 1.90. The first-order valence-corrected chi connectivity index (χ1v) is 6.79. The van der Waals surface area contributed by atoms with Crippen molar-refractivity contribution in [2.75, 3.05) is 18.1 Å². The molecule has 0 aliphatic carbocycles. The molecule has 1 heterocycles. The fourth-order valence-electron chi connectivity index (χ4n) is 1.65. The van der Waals surface area contributed by atoms with Gasteiger partial charge in [-0.3, -0.25) is 0 Å². The molecule has 0 amide bonds. The zero-order valence-corrected chi connectivity index (χ0v) is 9.86. The molecule has 1 saturated heterocycles. The number of hydrogen-bond donors (Lipinski definition) is 0. The Morgan fingerprint density at radius 1 is 1.64 bits per heavy atom. The lowest BCUT2D eigenvalue weighted by atomic mass is 10.3. The third kappa shape index (κ3) is 3.05. The van der Waals surface area contributed by atoms with Gasteiger partial charge in [0.15, 0.2) is 0 Å². The maximum absolute atomic E-state index is 11.3. The molecule has 0 bridgehead atoms. The highest BCUT2D eigenvalue weighted by atomic mass is 32.2. The number of carbonyl (C=O) groups excluding carboxylic acids is 1. The molecule has 14 heavy (non-hydrogen) atoms. The van der Waals surface area contributed by atoms with Crippen molar-refractivity contribution in [3.8, 4) is 0 Å². The third-order valence-corrected chi connectivity index (χ3v) is 5.42. The van der Waals surface area contributed by atoms with E-state index in [0.717, 1.165) is 11.0 Å². The van der Waals surface area contributed by atoms with Gasteiger partial charge in [-0.05, 0) is 37.6 Å². The molecule has 80 valence electrons. The van der Waals surface area contributed by atoms with Crippen LogP contribution in [0.4, 0.5) is 0 Å². The van der Waals surface area contributed by atoms with Crippen LogP contribution in [0.25, 0.3) is 0 Å². The van der Waals surface area contributed by atoms with Crippen LogP contribution in [0.5, 0.6) is 0 Å². The quantitative estimate of drug-likeness (QED) is 0.407.